The third kappa shape index (κ3) is 4.58. The molecule has 2 aromatic carbocycles. The molecule has 2 aromatic rings. The predicted octanol–water partition coefficient (Wildman–Crippen LogP) is 2.73. The summed E-state index contributed by atoms with van der Waals surface area (Å²) in [5.74, 6) is -0.293. The number of carbonyl (C=O) groups excluding carboxylic acids is 2. The van der Waals surface area contributed by atoms with Gasteiger partial charge in [-0.2, -0.15) is 0 Å². The van der Waals surface area contributed by atoms with Crippen LogP contribution in [0.5, 0.6) is 0 Å². The number of benzene rings is 2. The van der Waals surface area contributed by atoms with E-state index in [1.54, 1.807) is 30.3 Å². The summed E-state index contributed by atoms with van der Waals surface area (Å²) in [6, 6.07) is 14.6. The highest BCUT2D eigenvalue weighted by atomic mass is 16.5. The number of ether oxygens (including phenoxy) is 1. The van der Waals surface area contributed by atoms with Crippen LogP contribution in [0.1, 0.15) is 17.3 Å². The first kappa shape index (κ1) is 17.0. The minimum absolute atomic E-state index is 0.128. The molecule has 3 rings (SSSR count). The van der Waals surface area contributed by atoms with Gasteiger partial charge in [-0.1, -0.05) is 6.07 Å². The lowest BCUT2D eigenvalue weighted by Gasteiger charge is -2.29. The summed E-state index contributed by atoms with van der Waals surface area (Å²) >= 11 is 0. The van der Waals surface area contributed by atoms with Crippen LogP contribution in [0, 0.1) is 0 Å². The molecule has 6 nitrogen and oxygen atoms in total. The second-order valence-corrected chi connectivity index (χ2v) is 5.86. The first-order valence-electron chi connectivity index (χ1n) is 8.23. The summed E-state index contributed by atoms with van der Waals surface area (Å²) in [7, 11) is 0. The lowest BCUT2D eigenvalue weighted by molar-refractivity contribution is -0.114. The molecule has 1 aliphatic heterocycles. The number of hydrogen-bond acceptors (Lipinski definition) is 4. The smallest absolute Gasteiger partial charge is 0.255 e. The van der Waals surface area contributed by atoms with Gasteiger partial charge in [-0.25, -0.2) is 0 Å². The van der Waals surface area contributed by atoms with Crippen LogP contribution in [0.3, 0.4) is 0 Å². The van der Waals surface area contributed by atoms with E-state index in [1.807, 2.05) is 18.2 Å². The van der Waals surface area contributed by atoms with E-state index in [-0.39, 0.29) is 11.8 Å². The van der Waals surface area contributed by atoms with Crippen molar-refractivity contribution in [3.63, 3.8) is 0 Å². The Morgan fingerprint density at radius 3 is 2.24 bits per heavy atom. The zero-order chi connectivity index (χ0) is 17.6. The van der Waals surface area contributed by atoms with Gasteiger partial charge >= 0.3 is 0 Å². The van der Waals surface area contributed by atoms with Gasteiger partial charge in [0, 0.05) is 42.6 Å². The molecule has 130 valence electrons. The van der Waals surface area contributed by atoms with Gasteiger partial charge in [0.25, 0.3) is 5.91 Å². The molecule has 1 saturated heterocycles. The maximum atomic E-state index is 12.5. The fourth-order valence-electron chi connectivity index (χ4n) is 2.71. The van der Waals surface area contributed by atoms with Gasteiger partial charge < -0.3 is 20.3 Å². The summed E-state index contributed by atoms with van der Waals surface area (Å²) in [6.45, 7) is 4.52. The molecule has 0 aromatic heterocycles. The Labute approximate surface area is 146 Å². The van der Waals surface area contributed by atoms with E-state index < -0.39 is 0 Å². The lowest BCUT2D eigenvalue weighted by atomic mass is 10.1. The molecular weight excluding hydrogens is 318 g/mol. The van der Waals surface area contributed by atoms with E-state index in [2.05, 4.69) is 15.5 Å². The van der Waals surface area contributed by atoms with Crippen molar-refractivity contribution in [2.75, 3.05) is 41.8 Å². The van der Waals surface area contributed by atoms with E-state index in [1.165, 1.54) is 6.92 Å². The highest BCUT2D eigenvalue weighted by molar-refractivity contribution is 6.05. The van der Waals surface area contributed by atoms with Crippen molar-refractivity contribution in [3.8, 4) is 0 Å². The molecular formula is C19H21N3O3. The molecule has 1 fully saturated rings. The molecule has 0 atom stereocenters. The second-order valence-electron chi connectivity index (χ2n) is 5.86. The van der Waals surface area contributed by atoms with Crippen molar-refractivity contribution in [1.82, 2.24) is 0 Å². The van der Waals surface area contributed by atoms with Crippen molar-refractivity contribution >= 4 is 28.9 Å². The fourth-order valence-corrected chi connectivity index (χ4v) is 2.71. The molecule has 25 heavy (non-hydrogen) atoms. The first-order valence-corrected chi connectivity index (χ1v) is 8.23. The molecule has 6 heteroatoms. The molecule has 0 radical (unpaired) electrons. The topological polar surface area (TPSA) is 70.7 Å². The Morgan fingerprint density at radius 2 is 1.60 bits per heavy atom. The van der Waals surface area contributed by atoms with Crippen molar-refractivity contribution in [3.05, 3.63) is 54.1 Å². The third-order valence-corrected chi connectivity index (χ3v) is 3.95. The Bertz CT molecular complexity index is 753. The standard InChI is InChI=1S/C19H21N3O3/c1-14(23)20-16-5-7-17(8-6-16)21-19(24)15-3-2-4-18(13-15)22-9-11-25-12-10-22/h2-8,13H,9-12H2,1H3,(H,20,23)(H,21,24). The number of anilines is 3. The number of amides is 2. The number of morpholine rings is 1. The summed E-state index contributed by atoms with van der Waals surface area (Å²) < 4.78 is 5.36. The van der Waals surface area contributed by atoms with Crippen LogP contribution in [-0.4, -0.2) is 38.1 Å². The minimum atomic E-state index is -0.164. The third-order valence-electron chi connectivity index (χ3n) is 3.95. The highest BCUT2D eigenvalue weighted by Crippen LogP contribution is 2.19. The van der Waals surface area contributed by atoms with Crippen molar-refractivity contribution in [2.45, 2.75) is 6.92 Å². The zero-order valence-electron chi connectivity index (χ0n) is 14.1. The molecule has 0 aliphatic carbocycles. The average Bonchev–Trinajstić information content (AvgIpc) is 2.64. The molecule has 2 amide bonds. The summed E-state index contributed by atoms with van der Waals surface area (Å²) in [5, 5.41) is 5.57. The van der Waals surface area contributed by atoms with Gasteiger partial charge in [0.1, 0.15) is 0 Å². The van der Waals surface area contributed by atoms with E-state index >= 15 is 0 Å². The van der Waals surface area contributed by atoms with Crippen molar-refractivity contribution in [2.24, 2.45) is 0 Å². The molecule has 1 aliphatic rings. The van der Waals surface area contributed by atoms with Gasteiger partial charge in [-0.15, -0.1) is 0 Å². The van der Waals surface area contributed by atoms with Gasteiger partial charge in [-0.05, 0) is 42.5 Å². The maximum Gasteiger partial charge on any atom is 0.255 e. The van der Waals surface area contributed by atoms with Gasteiger partial charge in [0.05, 0.1) is 13.2 Å². The van der Waals surface area contributed by atoms with Crippen LogP contribution in [0.2, 0.25) is 0 Å². The van der Waals surface area contributed by atoms with Gasteiger partial charge in [-0.3, -0.25) is 9.59 Å². The minimum Gasteiger partial charge on any atom is -0.378 e. The van der Waals surface area contributed by atoms with Crippen LogP contribution < -0.4 is 15.5 Å². The van der Waals surface area contributed by atoms with Crippen LogP contribution in [0.4, 0.5) is 17.1 Å². The molecule has 0 unspecified atom stereocenters. The quantitative estimate of drug-likeness (QED) is 0.898. The molecule has 2 N–H and O–H groups in total. The van der Waals surface area contributed by atoms with E-state index in [0.29, 0.717) is 30.2 Å². The average molecular weight is 339 g/mol. The molecule has 0 spiro atoms. The number of carbonyl (C=O) groups is 2. The van der Waals surface area contributed by atoms with Gasteiger partial charge in [0.2, 0.25) is 5.91 Å². The van der Waals surface area contributed by atoms with E-state index in [4.69, 9.17) is 4.74 Å². The number of nitrogens with one attached hydrogen (secondary N) is 2. The van der Waals surface area contributed by atoms with E-state index in [0.717, 1.165) is 18.8 Å². The summed E-state index contributed by atoms with van der Waals surface area (Å²) in [4.78, 5) is 25.7. The Balaban J connectivity index is 1.67. The summed E-state index contributed by atoms with van der Waals surface area (Å²) in [6.07, 6.45) is 0. The van der Waals surface area contributed by atoms with Crippen LogP contribution in [0.15, 0.2) is 48.5 Å². The van der Waals surface area contributed by atoms with Crippen molar-refractivity contribution < 1.29 is 14.3 Å². The molecule has 0 bridgehead atoms. The zero-order valence-corrected chi connectivity index (χ0v) is 14.1. The maximum absolute atomic E-state index is 12.5. The van der Waals surface area contributed by atoms with E-state index in [9.17, 15) is 9.59 Å². The lowest BCUT2D eigenvalue weighted by Crippen LogP contribution is -2.36. The summed E-state index contributed by atoms with van der Waals surface area (Å²) in [5.41, 5.74) is 3.00. The largest absolute Gasteiger partial charge is 0.378 e. The predicted molar refractivity (Wildman–Crippen MR) is 98.2 cm³/mol. The fraction of sp³-hybridized carbons (Fsp3) is 0.263. The Kier molecular flexibility index (Phi) is 5.30. The highest BCUT2D eigenvalue weighted by Gasteiger charge is 2.13. The van der Waals surface area contributed by atoms with Gasteiger partial charge in [0.15, 0.2) is 0 Å². The van der Waals surface area contributed by atoms with Crippen LogP contribution in [-0.2, 0) is 9.53 Å². The Morgan fingerprint density at radius 1 is 0.960 bits per heavy atom. The van der Waals surface area contributed by atoms with Crippen LogP contribution in [0.25, 0.3) is 0 Å². The SMILES string of the molecule is CC(=O)Nc1ccc(NC(=O)c2cccc(N3CCOCC3)c2)cc1. The van der Waals surface area contributed by atoms with Crippen molar-refractivity contribution in [1.29, 1.82) is 0 Å². The monoisotopic (exact) mass is 339 g/mol. The molecule has 0 saturated carbocycles. The Hall–Kier alpha value is -2.86. The normalized spacial score (nSPS) is 14.0. The second kappa shape index (κ2) is 7.81. The number of hydrogen-bond donors (Lipinski definition) is 2. The first-order chi connectivity index (χ1) is 12.1. The number of rotatable bonds is 4. The molecule has 1 heterocycles. The number of nitrogens with zero attached hydrogens (tertiary/aromatic N) is 1. The van der Waals surface area contributed by atoms with Crippen LogP contribution >= 0.6 is 0 Å².